The van der Waals surface area contributed by atoms with Crippen LogP contribution in [0.3, 0.4) is 0 Å². The smallest absolute Gasteiger partial charge is 1.00 e. The largest absolute Gasteiger partial charge is 1.00 e. The van der Waals surface area contributed by atoms with Crippen LogP contribution in [-0.4, -0.2) is 16.4 Å². The fourth-order valence-corrected chi connectivity index (χ4v) is 2.20. The molecule has 0 aliphatic heterocycles. The van der Waals surface area contributed by atoms with Crippen LogP contribution in [-0.2, 0) is 4.52 Å². The molecule has 5 heteroatoms. The van der Waals surface area contributed by atoms with E-state index in [1.807, 2.05) is 0 Å². The summed E-state index contributed by atoms with van der Waals surface area (Å²) in [5, 5.41) is 0. The molecule has 0 unspecified atom stereocenters. The standard InChI is InChI=1S/C13H29O3P.Na.H/c1-2-3-4-5-6-7-8-9-10-11-12-13-16-17(14)15;;/h14-15H,2-13H2,1H3;;/q;+1;-1. The summed E-state index contributed by atoms with van der Waals surface area (Å²) in [5.74, 6) is 0. The van der Waals surface area contributed by atoms with Crippen molar-refractivity contribution in [2.45, 2.75) is 77.6 Å². The zero-order valence-corrected chi connectivity index (χ0v) is 15.1. The molecule has 106 valence electrons. The van der Waals surface area contributed by atoms with Crippen LogP contribution in [0.5, 0.6) is 0 Å². The minimum absolute atomic E-state index is 0. The molecule has 0 aromatic heterocycles. The summed E-state index contributed by atoms with van der Waals surface area (Å²) >= 11 is 0. The van der Waals surface area contributed by atoms with Crippen LogP contribution in [0.15, 0.2) is 0 Å². The molecule has 0 rings (SSSR count). The SMILES string of the molecule is CCCCCCCCCCCCCOP(O)O.[H-].[Na+]. The Balaban J connectivity index is -0.00000128. The van der Waals surface area contributed by atoms with E-state index in [0.717, 1.165) is 12.8 Å². The van der Waals surface area contributed by atoms with Crippen molar-refractivity contribution in [2.24, 2.45) is 0 Å². The second-order valence-corrected chi connectivity index (χ2v) is 5.39. The molecule has 0 spiro atoms. The molecule has 0 fully saturated rings. The zero-order valence-electron chi connectivity index (χ0n) is 13.2. The van der Waals surface area contributed by atoms with E-state index in [-0.39, 0.29) is 31.0 Å². The van der Waals surface area contributed by atoms with E-state index in [0.29, 0.717) is 6.61 Å². The van der Waals surface area contributed by atoms with Crippen molar-refractivity contribution >= 4 is 8.60 Å². The van der Waals surface area contributed by atoms with Crippen LogP contribution in [0.2, 0.25) is 0 Å². The normalized spacial score (nSPS) is 10.7. The Bertz CT molecular complexity index is 154. The van der Waals surface area contributed by atoms with Gasteiger partial charge in [0.15, 0.2) is 0 Å². The molecule has 0 aromatic carbocycles. The summed E-state index contributed by atoms with van der Waals surface area (Å²) in [7, 11) is -2.14. The van der Waals surface area contributed by atoms with E-state index in [9.17, 15) is 0 Å². The zero-order chi connectivity index (χ0) is 12.8. The van der Waals surface area contributed by atoms with Gasteiger partial charge in [-0.25, -0.2) is 0 Å². The quantitative estimate of drug-likeness (QED) is 0.308. The second kappa shape index (κ2) is 18.3. The van der Waals surface area contributed by atoms with Crippen LogP contribution in [0.25, 0.3) is 0 Å². The van der Waals surface area contributed by atoms with E-state index >= 15 is 0 Å². The molecule has 0 atom stereocenters. The molecule has 0 heterocycles. The van der Waals surface area contributed by atoms with Crippen LogP contribution in [0, 0.1) is 0 Å². The van der Waals surface area contributed by atoms with E-state index in [2.05, 4.69) is 6.92 Å². The third-order valence-electron chi connectivity index (χ3n) is 2.95. The van der Waals surface area contributed by atoms with Gasteiger partial charge in [0.25, 0.3) is 0 Å². The molecule has 3 nitrogen and oxygen atoms in total. The van der Waals surface area contributed by atoms with Gasteiger partial charge in [0, 0.05) is 0 Å². The summed E-state index contributed by atoms with van der Waals surface area (Å²) < 4.78 is 4.70. The van der Waals surface area contributed by atoms with Crippen molar-refractivity contribution in [3.63, 3.8) is 0 Å². The van der Waals surface area contributed by atoms with Gasteiger partial charge in [-0.05, 0) is 6.42 Å². The average Bonchev–Trinajstić information content (AvgIpc) is 2.30. The monoisotopic (exact) mass is 288 g/mol. The van der Waals surface area contributed by atoms with E-state index in [4.69, 9.17) is 14.3 Å². The molecule has 0 radical (unpaired) electrons. The third-order valence-corrected chi connectivity index (χ3v) is 3.37. The van der Waals surface area contributed by atoms with Gasteiger partial charge >= 0.3 is 38.2 Å². The van der Waals surface area contributed by atoms with Gasteiger partial charge in [-0.2, -0.15) is 0 Å². The Kier molecular flexibility index (Phi) is 22.0. The maximum atomic E-state index is 8.51. The second-order valence-electron chi connectivity index (χ2n) is 4.62. The molecular formula is C13H30NaO3P. The van der Waals surface area contributed by atoms with Crippen LogP contribution >= 0.6 is 8.60 Å². The Morgan fingerprint density at radius 3 is 1.56 bits per heavy atom. The molecule has 0 aliphatic carbocycles. The van der Waals surface area contributed by atoms with Gasteiger partial charge < -0.3 is 15.7 Å². The summed E-state index contributed by atoms with van der Waals surface area (Å²) in [6.45, 7) is 2.73. The molecular weight excluding hydrogens is 258 g/mol. The number of hydrogen-bond acceptors (Lipinski definition) is 3. The topological polar surface area (TPSA) is 49.7 Å². The van der Waals surface area contributed by atoms with Gasteiger partial charge in [-0.1, -0.05) is 71.1 Å². The van der Waals surface area contributed by atoms with E-state index in [1.165, 1.54) is 57.8 Å². The predicted molar refractivity (Wildman–Crippen MR) is 74.9 cm³/mol. The average molecular weight is 288 g/mol. The van der Waals surface area contributed by atoms with Gasteiger partial charge in [-0.3, -0.25) is 0 Å². The van der Waals surface area contributed by atoms with Crippen LogP contribution in [0.1, 0.15) is 79.0 Å². The molecule has 0 saturated heterocycles. The summed E-state index contributed by atoms with van der Waals surface area (Å²) in [4.78, 5) is 17.0. The Hall–Kier alpha value is 1.31. The van der Waals surface area contributed by atoms with Gasteiger partial charge in [-0.15, -0.1) is 0 Å². The van der Waals surface area contributed by atoms with E-state index < -0.39 is 8.60 Å². The first kappa shape index (κ1) is 21.6. The maximum absolute atomic E-state index is 8.51. The van der Waals surface area contributed by atoms with Crippen LogP contribution < -0.4 is 29.6 Å². The van der Waals surface area contributed by atoms with Crippen molar-refractivity contribution in [3.05, 3.63) is 0 Å². The van der Waals surface area contributed by atoms with Gasteiger partial charge in [0.05, 0.1) is 6.61 Å². The van der Waals surface area contributed by atoms with Crippen LogP contribution in [0.4, 0.5) is 0 Å². The minimum Gasteiger partial charge on any atom is -1.00 e. The van der Waals surface area contributed by atoms with Gasteiger partial charge in [0.1, 0.15) is 0 Å². The van der Waals surface area contributed by atoms with Crippen molar-refractivity contribution < 1.29 is 45.3 Å². The first-order valence-corrected chi connectivity index (χ1v) is 8.24. The minimum atomic E-state index is -2.14. The Morgan fingerprint density at radius 2 is 1.17 bits per heavy atom. The van der Waals surface area contributed by atoms with Gasteiger partial charge in [0.2, 0.25) is 0 Å². The molecule has 0 aliphatic rings. The van der Waals surface area contributed by atoms with Crippen molar-refractivity contribution in [1.82, 2.24) is 0 Å². The number of hydrogen-bond donors (Lipinski definition) is 2. The first-order valence-electron chi connectivity index (χ1n) is 7.08. The molecule has 18 heavy (non-hydrogen) atoms. The maximum Gasteiger partial charge on any atom is 1.00 e. The molecule has 2 N–H and O–H groups in total. The molecule has 0 bridgehead atoms. The van der Waals surface area contributed by atoms with Crippen molar-refractivity contribution in [3.8, 4) is 0 Å². The third kappa shape index (κ3) is 19.6. The predicted octanol–water partition coefficient (Wildman–Crippen LogP) is 1.64. The van der Waals surface area contributed by atoms with E-state index in [1.54, 1.807) is 0 Å². The van der Waals surface area contributed by atoms with Crippen molar-refractivity contribution in [1.29, 1.82) is 0 Å². The summed E-state index contributed by atoms with van der Waals surface area (Å²) in [6, 6.07) is 0. The fourth-order valence-electron chi connectivity index (χ4n) is 1.91. The van der Waals surface area contributed by atoms with Crippen molar-refractivity contribution in [2.75, 3.05) is 6.61 Å². The number of rotatable bonds is 13. The molecule has 0 saturated carbocycles. The fraction of sp³-hybridized carbons (Fsp3) is 1.00. The Morgan fingerprint density at radius 1 is 0.778 bits per heavy atom. The summed E-state index contributed by atoms with van der Waals surface area (Å²) in [6.07, 6.45) is 14.3. The Labute approximate surface area is 137 Å². The number of unbranched alkanes of at least 4 members (excludes halogenated alkanes) is 10. The first-order chi connectivity index (χ1) is 8.27. The molecule has 0 amide bonds. The molecule has 0 aromatic rings. The summed E-state index contributed by atoms with van der Waals surface area (Å²) in [5.41, 5.74) is 0.